The van der Waals surface area contributed by atoms with Gasteiger partial charge in [0.05, 0.1) is 17.6 Å². The third kappa shape index (κ3) is 3.35. The van der Waals surface area contributed by atoms with Gasteiger partial charge in [0, 0.05) is 19.2 Å². The van der Waals surface area contributed by atoms with Crippen molar-refractivity contribution in [2.45, 2.75) is 13.8 Å². The number of fused-ring (bicyclic) bond motifs is 1. The molecule has 0 aliphatic carbocycles. The van der Waals surface area contributed by atoms with E-state index in [9.17, 15) is 20.3 Å². The van der Waals surface area contributed by atoms with Crippen molar-refractivity contribution in [2.24, 2.45) is 0 Å². The van der Waals surface area contributed by atoms with Crippen LogP contribution in [0.1, 0.15) is 26.4 Å². The van der Waals surface area contributed by atoms with Crippen molar-refractivity contribution >= 4 is 33.3 Å². The van der Waals surface area contributed by atoms with Gasteiger partial charge in [0.15, 0.2) is 5.82 Å². The largest absolute Gasteiger partial charge is 0.478 e. The number of aromatic nitrogens is 2. The van der Waals surface area contributed by atoms with E-state index in [4.69, 9.17) is 0 Å². The molecule has 2 heterocycles. The van der Waals surface area contributed by atoms with Crippen LogP contribution in [0.5, 0.6) is 0 Å². The molecular formula is C19H18N4O3S. The summed E-state index contributed by atoms with van der Waals surface area (Å²) in [5.41, 5.74) is 2.37. The van der Waals surface area contributed by atoms with E-state index in [1.807, 2.05) is 18.9 Å². The highest BCUT2D eigenvalue weighted by Gasteiger charge is 2.20. The number of rotatable bonds is 5. The molecule has 3 rings (SSSR count). The first-order valence-electron chi connectivity index (χ1n) is 8.25. The molecule has 0 aliphatic heterocycles. The lowest BCUT2D eigenvalue weighted by Gasteiger charge is -2.19. The van der Waals surface area contributed by atoms with Crippen molar-refractivity contribution in [2.75, 3.05) is 25.1 Å². The highest BCUT2D eigenvalue weighted by Crippen LogP contribution is 2.36. The lowest BCUT2D eigenvalue weighted by molar-refractivity contribution is 0.0696. The van der Waals surface area contributed by atoms with Crippen LogP contribution < -0.4 is 4.90 Å². The number of carbonyl (C=O) groups is 1. The molecule has 7 nitrogen and oxygen atoms in total. The molecule has 0 radical (unpaired) electrons. The van der Waals surface area contributed by atoms with Crippen LogP contribution in [0.2, 0.25) is 0 Å². The predicted octanol–water partition coefficient (Wildman–Crippen LogP) is 2.97. The van der Waals surface area contributed by atoms with Crippen LogP contribution in [-0.4, -0.2) is 46.3 Å². The fourth-order valence-electron chi connectivity index (χ4n) is 2.93. The molecule has 0 aliphatic rings. The van der Waals surface area contributed by atoms with Gasteiger partial charge in [0.25, 0.3) is 0 Å². The van der Waals surface area contributed by atoms with Gasteiger partial charge in [-0.05, 0) is 37.1 Å². The van der Waals surface area contributed by atoms with Crippen molar-refractivity contribution in [3.05, 3.63) is 39.8 Å². The fourth-order valence-corrected chi connectivity index (χ4v) is 3.90. The Kier molecular flexibility index (Phi) is 5.08. The van der Waals surface area contributed by atoms with Crippen molar-refractivity contribution < 1.29 is 15.0 Å². The van der Waals surface area contributed by atoms with Gasteiger partial charge in [-0.25, -0.2) is 14.8 Å². The minimum atomic E-state index is -0.980. The molecule has 138 valence electrons. The second-order valence-corrected chi connectivity index (χ2v) is 7.20. The molecule has 0 fully saturated rings. The number of carboxylic acid groups (broad SMARTS) is 1. The standard InChI is InChI=1S/C19H18N4O3S/c1-10-8-12(4-5-13(10)19(25)26)16-21-17(23(3)6-7-24)15-11(2)14(9-20)27-18(15)22-16/h4-5,8,24H,6-7H2,1-3H3,(H,25,26). The highest BCUT2D eigenvalue weighted by molar-refractivity contribution is 7.19. The van der Waals surface area contributed by atoms with E-state index in [0.717, 1.165) is 10.9 Å². The maximum absolute atomic E-state index is 11.2. The number of aryl methyl sites for hydroxylation is 2. The van der Waals surface area contributed by atoms with Gasteiger partial charge in [-0.15, -0.1) is 11.3 Å². The van der Waals surface area contributed by atoms with Gasteiger partial charge in [0.2, 0.25) is 0 Å². The topological polar surface area (TPSA) is 110 Å². The number of hydrogen-bond donors (Lipinski definition) is 2. The Morgan fingerprint density at radius 3 is 2.67 bits per heavy atom. The van der Waals surface area contributed by atoms with Crippen molar-refractivity contribution in [3.63, 3.8) is 0 Å². The van der Waals surface area contributed by atoms with E-state index >= 15 is 0 Å². The molecule has 3 aromatic rings. The van der Waals surface area contributed by atoms with E-state index in [0.29, 0.717) is 39.0 Å². The normalized spacial score (nSPS) is 10.8. The molecule has 1 aromatic carbocycles. The average molecular weight is 382 g/mol. The molecule has 0 bridgehead atoms. The first-order valence-corrected chi connectivity index (χ1v) is 9.06. The van der Waals surface area contributed by atoms with Crippen LogP contribution in [0.3, 0.4) is 0 Å². The maximum atomic E-state index is 11.2. The van der Waals surface area contributed by atoms with Crippen LogP contribution in [0, 0.1) is 25.2 Å². The molecular weight excluding hydrogens is 364 g/mol. The van der Waals surface area contributed by atoms with E-state index in [-0.39, 0.29) is 12.2 Å². The first kappa shape index (κ1) is 18.8. The quantitative estimate of drug-likeness (QED) is 0.698. The zero-order valence-electron chi connectivity index (χ0n) is 15.1. The zero-order valence-corrected chi connectivity index (χ0v) is 16.0. The maximum Gasteiger partial charge on any atom is 0.335 e. The smallest absolute Gasteiger partial charge is 0.335 e. The highest BCUT2D eigenvalue weighted by atomic mass is 32.1. The summed E-state index contributed by atoms with van der Waals surface area (Å²) < 4.78 is 0. The first-order chi connectivity index (χ1) is 12.9. The Bertz CT molecular complexity index is 1080. The van der Waals surface area contributed by atoms with Crippen LogP contribution in [0.4, 0.5) is 5.82 Å². The summed E-state index contributed by atoms with van der Waals surface area (Å²) in [6, 6.07) is 7.15. The molecule has 0 atom stereocenters. The lowest BCUT2D eigenvalue weighted by Crippen LogP contribution is -2.23. The molecule has 0 saturated carbocycles. The Hall–Kier alpha value is -3.02. The second kappa shape index (κ2) is 7.31. The fraction of sp³-hybridized carbons (Fsp3) is 0.263. The van der Waals surface area contributed by atoms with Crippen LogP contribution in [0.25, 0.3) is 21.6 Å². The number of carboxylic acids is 1. The van der Waals surface area contributed by atoms with Crippen molar-refractivity contribution in [3.8, 4) is 17.5 Å². The number of likely N-dealkylation sites (N-methyl/N-ethyl adjacent to an activating group) is 1. The summed E-state index contributed by atoms with van der Waals surface area (Å²) in [6.07, 6.45) is 0. The van der Waals surface area contributed by atoms with Crippen LogP contribution in [-0.2, 0) is 0 Å². The predicted molar refractivity (Wildman–Crippen MR) is 104 cm³/mol. The van der Waals surface area contributed by atoms with E-state index < -0.39 is 5.97 Å². The molecule has 0 amide bonds. The number of nitrogens with zero attached hydrogens (tertiary/aromatic N) is 4. The third-order valence-corrected chi connectivity index (χ3v) is 5.47. The number of aliphatic hydroxyl groups excluding tert-OH is 1. The lowest BCUT2D eigenvalue weighted by atomic mass is 10.0. The van der Waals surface area contributed by atoms with Gasteiger partial charge in [0.1, 0.15) is 21.6 Å². The molecule has 8 heteroatoms. The van der Waals surface area contributed by atoms with Gasteiger partial charge in [-0.3, -0.25) is 0 Å². The Balaban J connectivity index is 2.24. The minimum absolute atomic E-state index is 0.0297. The second-order valence-electron chi connectivity index (χ2n) is 6.20. The summed E-state index contributed by atoms with van der Waals surface area (Å²) in [7, 11) is 1.82. The van der Waals surface area contributed by atoms with Gasteiger partial charge in [-0.1, -0.05) is 6.07 Å². The molecule has 0 spiro atoms. The number of nitriles is 1. The zero-order chi connectivity index (χ0) is 19.7. The van der Waals surface area contributed by atoms with Crippen LogP contribution >= 0.6 is 11.3 Å². The molecule has 0 saturated heterocycles. The SMILES string of the molecule is Cc1cc(-c2nc(N(C)CCO)c3c(C)c(C#N)sc3n2)ccc1C(=O)O. The number of hydrogen-bond acceptors (Lipinski definition) is 7. The number of aromatic carboxylic acids is 1. The Morgan fingerprint density at radius 2 is 2.07 bits per heavy atom. The molecule has 27 heavy (non-hydrogen) atoms. The van der Waals surface area contributed by atoms with Gasteiger partial charge < -0.3 is 15.1 Å². The summed E-state index contributed by atoms with van der Waals surface area (Å²) in [5.74, 6) is 0.110. The van der Waals surface area contributed by atoms with Gasteiger partial charge in [-0.2, -0.15) is 5.26 Å². The van der Waals surface area contributed by atoms with Crippen molar-refractivity contribution in [1.29, 1.82) is 5.26 Å². The van der Waals surface area contributed by atoms with Gasteiger partial charge >= 0.3 is 5.97 Å². The third-order valence-electron chi connectivity index (χ3n) is 4.38. The minimum Gasteiger partial charge on any atom is -0.478 e. The van der Waals surface area contributed by atoms with Crippen LogP contribution in [0.15, 0.2) is 18.2 Å². The number of benzene rings is 1. The molecule has 0 unspecified atom stereocenters. The summed E-state index contributed by atoms with van der Waals surface area (Å²) >= 11 is 1.30. The van der Waals surface area contributed by atoms with E-state index in [1.165, 1.54) is 17.4 Å². The van der Waals surface area contributed by atoms with E-state index in [2.05, 4.69) is 16.0 Å². The molecule has 2 N–H and O–H groups in total. The average Bonchev–Trinajstić information content (AvgIpc) is 2.96. The summed E-state index contributed by atoms with van der Waals surface area (Å²) in [6.45, 7) is 3.95. The Labute approximate surface area is 160 Å². The summed E-state index contributed by atoms with van der Waals surface area (Å²) in [4.78, 5) is 23.6. The molecule has 2 aromatic heterocycles. The van der Waals surface area contributed by atoms with E-state index in [1.54, 1.807) is 19.1 Å². The number of thiophene rings is 1. The monoisotopic (exact) mass is 382 g/mol. The summed E-state index contributed by atoms with van der Waals surface area (Å²) in [5, 5.41) is 28.7. The van der Waals surface area contributed by atoms with Crippen molar-refractivity contribution in [1.82, 2.24) is 9.97 Å². The number of aliphatic hydroxyl groups is 1. The number of anilines is 1. The Morgan fingerprint density at radius 1 is 1.33 bits per heavy atom.